The van der Waals surface area contributed by atoms with Crippen molar-refractivity contribution in [3.8, 4) is 0 Å². The highest BCUT2D eigenvalue weighted by Gasteiger charge is 2.19. The first-order valence-electron chi connectivity index (χ1n) is 7.05. The Labute approximate surface area is 119 Å². The second-order valence-electron chi connectivity index (χ2n) is 5.06. The number of fused-ring (bicyclic) bond motifs is 1. The van der Waals surface area contributed by atoms with Gasteiger partial charge in [-0.25, -0.2) is 0 Å². The Morgan fingerprint density at radius 3 is 2.55 bits per heavy atom. The number of carbonyl (C=O) groups excluding carboxylic acids is 2. The molecular formula is C15H21N3O2. The quantitative estimate of drug-likeness (QED) is 0.723. The van der Waals surface area contributed by atoms with Crippen LogP contribution in [0.5, 0.6) is 0 Å². The maximum atomic E-state index is 11.6. The number of anilines is 2. The molecule has 5 heteroatoms. The number of carbonyl (C=O) groups is 2. The maximum absolute atomic E-state index is 11.6. The molecule has 0 spiro atoms. The van der Waals surface area contributed by atoms with Gasteiger partial charge >= 0.3 is 0 Å². The Kier molecular flexibility index (Phi) is 4.74. The van der Waals surface area contributed by atoms with Crippen molar-refractivity contribution in [3.05, 3.63) is 23.8 Å². The first-order valence-corrected chi connectivity index (χ1v) is 7.05. The molecule has 2 rings (SSSR count). The molecule has 1 aliphatic rings. The van der Waals surface area contributed by atoms with E-state index in [0.29, 0.717) is 11.4 Å². The van der Waals surface area contributed by atoms with Gasteiger partial charge in [0.1, 0.15) is 6.42 Å². The van der Waals surface area contributed by atoms with Gasteiger partial charge in [0.05, 0.1) is 11.4 Å². The summed E-state index contributed by atoms with van der Waals surface area (Å²) in [7, 11) is 1.94. The zero-order valence-electron chi connectivity index (χ0n) is 12.0. The standard InChI is InChI=1S/C15H21N3O2/c1-3-4-5-11(16-2)10-6-7-12-13(8-10)18-15(20)9-14(19)17-12/h6-8,11,16H,3-5,9H2,1-2H3,(H,17,19)(H,18,20). The van der Waals surface area contributed by atoms with Crippen LogP contribution >= 0.6 is 0 Å². The molecule has 0 radical (unpaired) electrons. The van der Waals surface area contributed by atoms with Crippen LogP contribution in [-0.4, -0.2) is 18.9 Å². The van der Waals surface area contributed by atoms with Crippen LogP contribution in [0.3, 0.4) is 0 Å². The smallest absolute Gasteiger partial charge is 0.233 e. The highest BCUT2D eigenvalue weighted by atomic mass is 16.2. The lowest BCUT2D eigenvalue weighted by Crippen LogP contribution is -2.17. The Hall–Kier alpha value is -1.88. The summed E-state index contributed by atoms with van der Waals surface area (Å²) < 4.78 is 0. The third-order valence-electron chi connectivity index (χ3n) is 3.51. The van der Waals surface area contributed by atoms with E-state index in [4.69, 9.17) is 0 Å². The summed E-state index contributed by atoms with van der Waals surface area (Å²) >= 11 is 0. The van der Waals surface area contributed by atoms with Crippen molar-refractivity contribution < 1.29 is 9.59 Å². The molecule has 20 heavy (non-hydrogen) atoms. The normalized spacial score (nSPS) is 15.9. The Balaban J connectivity index is 2.25. The van der Waals surface area contributed by atoms with Gasteiger partial charge in [-0.2, -0.15) is 0 Å². The van der Waals surface area contributed by atoms with Gasteiger partial charge < -0.3 is 16.0 Å². The number of amides is 2. The Morgan fingerprint density at radius 2 is 1.90 bits per heavy atom. The molecular weight excluding hydrogens is 254 g/mol. The highest BCUT2D eigenvalue weighted by Crippen LogP contribution is 2.29. The van der Waals surface area contributed by atoms with Gasteiger partial charge in [0.25, 0.3) is 0 Å². The van der Waals surface area contributed by atoms with Crippen LogP contribution in [0.1, 0.15) is 44.2 Å². The van der Waals surface area contributed by atoms with Gasteiger partial charge in [-0.1, -0.05) is 25.8 Å². The molecule has 1 unspecified atom stereocenters. The summed E-state index contributed by atoms with van der Waals surface area (Å²) in [6.45, 7) is 2.17. The number of nitrogens with one attached hydrogen (secondary N) is 3. The van der Waals surface area contributed by atoms with Gasteiger partial charge in [0.2, 0.25) is 11.8 Å². The molecule has 1 heterocycles. The van der Waals surface area contributed by atoms with Crippen molar-refractivity contribution in [2.24, 2.45) is 0 Å². The average Bonchev–Trinajstić information content (AvgIpc) is 2.55. The lowest BCUT2D eigenvalue weighted by Gasteiger charge is -2.18. The van der Waals surface area contributed by atoms with E-state index in [1.165, 1.54) is 0 Å². The summed E-state index contributed by atoms with van der Waals surface area (Å²) in [5, 5.41) is 8.81. The molecule has 0 aromatic heterocycles. The zero-order valence-corrected chi connectivity index (χ0v) is 12.0. The molecule has 0 saturated heterocycles. The molecule has 0 bridgehead atoms. The van der Waals surface area contributed by atoms with Gasteiger partial charge in [-0.05, 0) is 31.2 Å². The number of rotatable bonds is 5. The van der Waals surface area contributed by atoms with Crippen molar-refractivity contribution in [1.29, 1.82) is 0 Å². The summed E-state index contributed by atoms with van der Waals surface area (Å²) in [5.74, 6) is -0.543. The molecule has 1 aromatic carbocycles. The summed E-state index contributed by atoms with van der Waals surface area (Å²) in [4.78, 5) is 23.1. The molecule has 108 valence electrons. The molecule has 0 fully saturated rings. The molecule has 3 N–H and O–H groups in total. The van der Waals surface area contributed by atoms with Crippen LogP contribution in [0.15, 0.2) is 18.2 Å². The van der Waals surface area contributed by atoms with Crippen molar-refractivity contribution in [3.63, 3.8) is 0 Å². The molecule has 5 nitrogen and oxygen atoms in total. The van der Waals surface area contributed by atoms with Crippen molar-refractivity contribution in [2.45, 2.75) is 38.6 Å². The van der Waals surface area contributed by atoms with E-state index >= 15 is 0 Å². The van der Waals surface area contributed by atoms with E-state index in [2.05, 4.69) is 22.9 Å². The second kappa shape index (κ2) is 6.52. The lowest BCUT2D eigenvalue weighted by atomic mass is 10.00. The fourth-order valence-electron chi connectivity index (χ4n) is 2.41. The fraction of sp³-hybridized carbons (Fsp3) is 0.467. The first-order chi connectivity index (χ1) is 9.63. The SMILES string of the molecule is CCCCC(NC)c1ccc2c(c1)NC(=O)CC(=O)N2. The van der Waals surface area contributed by atoms with Crippen LogP contribution < -0.4 is 16.0 Å². The topological polar surface area (TPSA) is 70.2 Å². The minimum absolute atomic E-state index is 0.130. The average molecular weight is 275 g/mol. The van der Waals surface area contributed by atoms with E-state index in [1.54, 1.807) is 0 Å². The second-order valence-corrected chi connectivity index (χ2v) is 5.06. The molecule has 0 aliphatic carbocycles. The minimum atomic E-state index is -0.273. The number of benzene rings is 1. The third kappa shape index (κ3) is 3.36. The fourth-order valence-corrected chi connectivity index (χ4v) is 2.41. The number of hydrogen-bond donors (Lipinski definition) is 3. The van der Waals surface area contributed by atoms with Crippen molar-refractivity contribution >= 4 is 23.2 Å². The van der Waals surface area contributed by atoms with Gasteiger partial charge in [0, 0.05) is 6.04 Å². The summed E-state index contributed by atoms with van der Waals surface area (Å²) in [6, 6.07) is 6.05. The van der Waals surface area contributed by atoms with Gasteiger partial charge in [-0.3, -0.25) is 9.59 Å². The van der Waals surface area contributed by atoms with Gasteiger partial charge in [0.15, 0.2) is 0 Å². The van der Waals surface area contributed by atoms with Crippen LogP contribution in [0.25, 0.3) is 0 Å². The lowest BCUT2D eigenvalue weighted by molar-refractivity contribution is -0.123. The number of hydrogen-bond acceptors (Lipinski definition) is 3. The summed E-state index contributed by atoms with van der Waals surface area (Å²) in [5.41, 5.74) is 2.46. The van der Waals surface area contributed by atoms with E-state index in [0.717, 1.165) is 24.8 Å². The molecule has 1 atom stereocenters. The van der Waals surface area contributed by atoms with E-state index in [-0.39, 0.29) is 24.3 Å². The number of unbranched alkanes of at least 4 members (excludes halogenated alkanes) is 1. The van der Waals surface area contributed by atoms with Crippen molar-refractivity contribution in [1.82, 2.24) is 5.32 Å². The predicted octanol–water partition coefficient (Wildman–Crippen LogP) is 2.42. The van der Waals surface area contributed by atoms with Gasteiger partial charge in [-0.15, -0.1) is 0 Å². The van der Waals surface area contributed by atoms with E-state index in [1.807, 2.05) is 25.2 Å². The van der Waals surface area contributed by atoms with E-state index in [9.17, 15) is 9.59 Å². The van der Waals surface area contributed by atoms with Crippen LogP contribution in [0.2, 0.25) is 0 Å². The van der Waals surface area contributed by atoms with Crippen LogP contribution in [0.4, 0.5) is 11.4 Å². The molecule has 2 amide bonds. The predicted molar refractivity (Wildman–Crippen MR) is 79.6 cm³/mol. The van der Waals surface area contributed by atoms with Crippen LogP contribution in [0, 0.1) is 0 Å². The highest BCUT2D eigenvalue weighted by molar-refractivity contribution is 6.13. The monoisotopic (exact) mass is 275 g/mol. The summed E-state index contributed by atoms with van der Waals surface area (Å²) in [6.07, 6.45) is 3.21. The molecule has 1 aromatic rings. The van der Waals surface area contributed by atoms with Crippen LogP contribution in [-0.2, 0) is 9.59 Å². The molecule has 0 saturated carbocycles. The Bertz CT molecular complexity index is 514. The van der Waals surface area contributed by atoms with Crippen molar-refractivity contribution in [2.75, 3.05) is 17.7 Å². The maximum Gasteiger partial charge on any atom is 0.233 e. The molecule has 1 aliphatic heterocycles. The largest absolute Gasteiger partial charge is 0.324 e. The third-order valence-corrected chi connectivity index (χ3v) is 3.51. The zero-order chi connectivity index (χ0) is 14.5. The van der Waals surface area contributed by atoms with E-state index < -0.39 is 0 Å². The Morgan fingerprint density at radius 1 is 1.20 bits per heavy atom. The minimum Gasteiger partial charge on any atom is -0.324 e. The first kappa shape index (κ1) is 14.5.